The molecule has 0 spiro atoms. The van der Waals surface area contributed by atoms with E-state index in [0.29, 0.717) is 22.9 Å². The van der Waals surface area contributed by atoms with Gasteiger partial charge in [0.1, 0.15) is 11.5 Å². The van der Waals surface area contributed by atoms with Gasteiger partial charge in [-0.1, -0.05) is 18.2 Å². The summed E-state index contributed by atoms with van der Waals surface area (Å²) in [7, 11) is 1.53. The van der Waals surface area contributed by atoms with E-state index in [-0.39, 0.29) is 12.4 Å². The van der Waals surface area contributed by atoms with Crippen molar-refractivity contribution in [1.82, 2.24) is 0 Å². The van der Waals surface area contributed by atoms with Gasteiger partial charge in [0.05, 0.1) is 19.2 Å². The van der Waals surface area contributed by atoms with Crippen LogP contribution in [0.5, 0.6) is 11.5 Å². The lowest BCUT2D eigenvalue weighted by Crippen LogP contribution is -2.19. The molecule has 0 radical (unpaired) electrons. The fraction of sp³-hybridized carbons (Fsp3) is 0.125. The summed E-state index contributed by atoms with van der Waals surface area (Å²) < 4.78 is 10.2. The number of urea groups is 1. The molecule has 0 aromatic heterocycles. The van der Waals surface area contributed by atoms with Crippen LogP contribution < -0.4 is 20.1 Å². The maximum atomic E-state index is 12.0. The first-order chi connectivity index (χ1) is 10.7. The van der Waals surface area contributed by atoms with Gasteiger partial charge in [-0.25, -0.2) is 4.79 Å². The van der Waals surface area contributed by atoms with E-state index in [9.17, 15) is 9.59 Å². The molecule has 0 aliphatic carbocycles. The third kappa shape index (κ3) is 2.85. The quantitative estimate of drug-likeness (QED) is 0.675. The average molecular weight is 298 g/mol. The smallest absolute Gasteiger partial charge is 0.323 e. The van der Waals surface area contributed by atoms with Crippen LogP contribution in [-0.4, -0.2) is 19.1 Å². The standard InChI is InChI=1S/C16H14N2O4/c1-21-13-5-3-2-4-12(13)18-16(20)17-11-7-6-10-8-15(19)22-14(10)9-11/h2-7,9H,8H2,1H3,(H2,17,18,20). The minimum absolute atomic E-state index is 0.267. The summed E-state index contributed by atoms with van der Waals surface area (Å²) in [6.07, 6.45) is 0.267. The zero-order valence-electron chi connectivity index (χ0n) is 11.9. The summed E-state index contributed by atoms with van der Waals surface area (Å²) in [6, 6.07) is 11.8. The molecular weight excluding hydrogens is 284 g/mol. The molecule has 0 unspecified atom stereocenters. The Kier molecular flexibility index (Phi) is 3.65. The average Bonchev–Trinajstić information content (AvgIpc) is 2.87. The largest absolute Gasteiger partial charge is 0.495 e. The highest BCUT2D eigenvalue weighted by atomic mass is 16.5. The van der Waals surface area contributed by atoms with Crippen LogP contribution in [0.1, 0.15) is 5.56 Å². The van der Waals surface area contributed by atoms with E-state index in [2.05, 4.69) is 10.6 Å². The molecule has 3 rings (SSSR count). The van der Waals surface area contributed by atoms with Gasteiger partial charge in [-0.05, 0) is 18.2 Å². The normalized spacial score (nSPS) is 12.3. The van der Waals surface area contributed by atoms with Gasteiger partial charge in [-0.15, -0.1) is 0 Å². The van der Waals surface area contributed by atoms with Crippen molar-refractivity contribution in [2.24, 2.45) is 0 Å². The number of methoxy groups -OCH3 is 1. The molecular formula is C16H14N2O4. The predicted molar refractivity (Wildman–Crippen MR) is 81.4 cm³/mol. The maximum Gasteiger partial charge on any atom is 0.323 e. The second-order valence-corrected chi connectivity index (χ2v) is 4.75. The Labute approximate surface area is 127 Å². The Balaban J connectivity index is 1.70. The first-order valence-electron chi connectivity index (χ1n) is 6.70. The molecule has 1 aliphatic heterocycles. The van der Waals surface area contributed by atoms with Crippen LogP contribution in [0.2, 0.25) is 0 Å². The number of hydrogen-bond acceptors (Lipinski definition) is 4. The van der Waals surface area contributed by atoms with E-state index < -0.39 is 6.03 Å². The zero-order valence-corrected chi connectivity index (χ0v) is 11.9. The van der Waals surface area contributed by atoms with Gasteiger partial charge in [-0.3, -0.25) is 4.79 Å². The number of para-hydroxylation sites is 2. The van der Waals surface area contributed by atoms with Gasteiger partial charge in [0.2, 0.25) is 0 Å². The highest BCUT2D eigenvalue weighted by Gasteiger charge is 2.20. The van der Waals surface area contributed by atoms with Crippen LogP contribution in [0.3, 0.4) is 0 Å². The van der Waals surface area contributed by atoms with Crippen molar-refractivity contribution >= 4 is 23.4 Å². The minimum atomic E-state index is -0.409. The number of fused-ring (bicyclic) bond motifs is 1. The van der Waals surface area contributed by atoms with Gasteiger partial charge in [0.15, 0.2) is 0 Å². The van der Waals surface area contributed by atoms with Crippen LogP contribution in [0.15, 0.2) is 42.5 Å². The van der Waals surface area contributed by atoms with Crippen LogP contribution in [0.4, 0.5) is 16.2 Å². The monoisotopic (exact) mass is 298 g/mol. The van der Waals surface area contributed by atoms with Gasteiger partial charge in [0.25, 0.3) is 0 Å². The van der Waals surface area contributed by atoms with Crippen molar-refractivity contribution in [3.63, 3.8) is 0 Å². The molecule has 2 aromatic carbocycles. The Bertz CT molecular complexity index is 743. The summed E-state index contributed by atoms with van der Waals surface area (Å²) in [5.41, 5.74) is 1.93. The Morgan fingerprint density at radius 1 is 1.18 bits per heavy atom. The number of nitrogens with one attached hydrogen (secondary N) is 2. The molecule has 0 bridgehead atoms. The lowest BCUT2D eigenvalue weighted by Gasteiger charge is -2.11. The van der Waals surface area contributed by atoms with E-state index in [1.807, 2.05) is 6.07 Å². The third-order valence-corrected chi connectivity index (χ3v) is 3.24. The molecule has 22 heavy (non-hydrogen) atoms. The van der Waals surface area contributed by atoms with Crippen molar-refractivity contribution < 1.29 is 19.1 Å². The van der Waals surface area contributed by atoms with Gasteiger partial charge in [0, 0.05) is 17.3 Å². The fourth-order valence-electron chi connectivity index (χ4n) is 2.22. The van der Waals surface area contributed by atoms with Crippen LogP contribution in [0, 0.1) is 0 Å². The van der Waals surface area contributed by atoms with Crippen molar-refractivity contribution in [2.75, 3.05) is 17.7 Å². The van der Waals surface area contributed by atoms with Crippen molar-refractivity contribution in [3.05, 3.63) is 48.0 Å². The second kappa shape index (κ2) is 5.77. The number of amides is 2. The first kappa shape index (κ1) is 13.9. The predicted octanol–water partition coefficient (Wildman–Crippen LogP) is 2.80. The SMILES string of the molecule is COc1ccccc1NC(=O)Nc1ccc2c(c1)OC(=O)C2. The van der Waals surface area contributed by atoms with E-state index in [1.54, 1.807) is 36.4 Å². The van der Waals surface area contributed by atoms with Crippen LogP contribution in [0.25, 0.3) is 0 Å². The fourth-order valence-corrected chi connectivity index (χ4v) is 2.22. The van der Waals surface area contributed by atoms with E-state index in [4.69, 9.17) is 9.47 Å². The number of ether oxygens (including phenoxy) is 2. The van der Waals surface area contributed by atoms with E-state index in [1.165, 1.54) is 7.11 Å². The number of rotatable bonds is 3. The second-order valence-electron chi connectivity index (χ2n) is 4.75. The van der Waals surface area contributed by atoms with Gasteiger partial charge >= 0.3 is 12.0 Å². The zero-order chi connectivity index (χ0) is 15.5. The molecule has 1 heterocycles. The number of carbonyl (C=O) groups is 2. The number of benzene rings is 2. The molecule has 0 saturated carbocycles. The Morgan fingerprint density at radius 3 is 2.82 bits per heavy atom. The van der Waals surface area contributed by atoms with Crippen LogP contribution in [-0.2, 0) is 11.2 Å². The minimum Gasteiger partial charge on any atom is -0.495 e. The Morgan fingerprint density at radius 2 is 2.00 bits per heavy atom. The highest BCUT2D eigenvalue weighted by molar-refractivity contribution is 6.01. The molecule has 2 N–H and O–H groups in total. The molecule has 2 aromatic rings. The molecule has 2 amide bonds. The lowest BCUT2D eigenvalue weighted by atomic mass is 10.1. The van der Waals surface area contributed by atoms with Crippen molar-refractivity contribution in [3.8, 4) is 11.5 Å². The molecule has 1 aliphatic rings. The first-order valence-corrected chi connectivity index (χ1v) is 6.70. The topological polar surface area (TPSA) is 76.7 Å². The van der Waals surface area contributed by atoms with Crippen LogP contribution >= 0.6 is 0 Å². The third-order valence-electron chi connectivity index (χ3n) is 3.24. The number of carbonyl (C=O) groups excluding carboxylic acids is 2. The van der Waals surface area contributed by atoms with Crippen molar-refractivity contribution in [1.29, 1.82) is 0 Å². The Hall–Kier alpha value is -3.02. The number of hydrogen-bond donors (Lipinski definition) is 2. The number of anilines is 2. The number of esters is 1. The van der Waals surface area contributed by atoms with E-state index in [0.717, 1.165) is 5.56 Å². The summed E-state index contributed by atoms with van der Waals surface area (Å²) in [5.74, 6) is 0.770. The summed E-state index contributed by atoms with van der Waals surface area (Å²) in [5, 5.41) is 5.39. The van der Waals surface area contributed by atoms with Crippen molar-refractivity contribution in [2.45, 2.75) is 6.42 Å². The van der Waals surface area contributed by atoms with Gasteiger partial charge < -0.3 is 20.1 Å². The molecule has 112 valence electrons. The molecule has 6 heteroatoms. The molecule has 0 fully saturated rings. The van der Waals surface area contributed by atoms with E-state index >= 15 is 0 Å². The highest BCUT2D eigenvalue weighted by Crippen LogP contribution is 2.29. The summed E-state index contributed by atoms with van der Waals surface area (Å²) in [6.45, 7) is 0. The maximum absolute atomic E-state index is 12.0. The summed E-state index contributed by atoms with van der Waals surface area (Å²) >= 11 is 0. The molecule has 0 saturated heterocycles. The summed E-state index contributed by atoms with van der Waals surface area (Å²) in [4.78, 5) is 23.2. The molecule has 0 atom stereocenters. The molecule has 6 nitrogen and oxygen atoms in total. The van der Waals surface area contributed by atoms with Gasteiger partial charge in [-0.2, -0.15) is 0 Å². The lowest BCUT2D eigenvalue weighted by molar-refractivity contribution is -0.131.